The maximum atomic E-state index is 12.5. The Morgan fingerprint density at radius 1 is 1.14 bits per heavy atom. The molecular formula is C18H21NO2S. The second-order valence-corrected chi connectivity index (χ2v) is 7.15. The molecule has 2 aromatic carbocycles. The van der Waals surface area contributed by atoms with Gasteiger partial charge in [0.15, 0.2) is 0 Å². The number of anilines is 1. The van der Waals surface area contributed by atoms with E-state index < -0.39 is 16.0 Å². The zero-order valence-electron chi connectivity index (χ0n) is 13.2. The third-order valence-corrected chi connectivity index (χ3v) is 5.22. The quantitative estimate of drug-likeness (QED) is 0.849. The molecule has 2 aromatic rings. The van der Waals surface area contributed by atoms with Gasteiger partial charge in [-0.3, -0.25) is 9.00 Å². The number of carbonyl (C=O) groups excluding carboxylic acids is 1. The van der Waals surface area contributed by atoms with Gasteiger partial charge in [-0.15, -0.1) is 0 Å². The first-order valence-electron chi connectivity index (χ1n) is 7.24. The van der Waals surface area contributed by atoms with Crippen LogP contribution in [-0.4, -0.2) is 22.4 Å². The largest absolute Gasteiger partial charge is 0.314 e. The Morgan fingerprint density at radius 3 is 2.45 bits per heavy atom. The van der Waals surface area contributed by atoms with Crippen molar-refractivity contribution in [2.75, 3.05) is 11.9 Å². The van der Waals surface area contributed by atoms with Crippen LogP contribution >= 0.6 is 0 Å². The minimum Gasteiger partial charge on any atom is -0.314 e. The lowest BCUT2D eigenvalue weighted by molar-refractivity contribution is -0.117. The smallest absolute Gasteiger partial charge is 0.242 e. The van der Waals surface area contributed by atoms with Crippen LogP contribution in [0, 0.1) is 6.92 Å². The third-order valence-electron chi connectivity index (χ3n) is 3.61. The highest BCUT2D eigenvalue weighted by Gasteiger charge is 2.24. The average molecular weight is 315 g/mol. The number of carbonyl (C=O) groups is 1. The summed E-state index contributed by atoms with van der Waals surface area (Å²) in [6.45, 7) is 3.73. The number of aryl methyl sites for hydroxylation is 1. The van der Waals surface area contributed by atoms with Crippen LogP contribution in [0.2, 0.25) is 0 Å². The summed E-state index contributed by atoms with van der Waals surface area (Å²) >= 11 is 0. The van der Waals surface area contributed by atoms with Gasteiger partial charge in [-0.1, -0.05) is 48.0 Å². The van der Waals surface area contributed by atoms with E-state index in [1.54, 1.807) is 18.9 Å². The first-order valence-corrected chi connectivity index (χ1v) is 8.62. The maximum absolute atomic E-state index is 12.5. The number of amides is 1. The Bertz CT molecular complexity index is 670. The summed E-state index contributed by atoms with van der Waals surface area (Å²) in [5.41, 5.74) is 2.95. The molecule has 22 heavy (non-hydrogen) atoms. The number of benzene rings is 2. The van der Waals surface area contributed by atoms with Crippen molar-refractivity contribution in [3.05, 3.63) is 65.7 Å². The minimum atomic E-state index is -1.24. The SMILES string of the molecule is Cc1cccc(C[S@](=O)[C@H](C)C(=O)N(C)c2ccccc2)c1. The molecule has 0 saturated carbocycles. The normalized spacial score (nSPS) is 13.4. The van der Waals surface area contributed by atoms with Crippen molar-refractivity contribution < 1.29 is 9.00 Å². The van der Waals surface area contributed by atoms with Gasteiger partial charge in [-0.05, 0) is 31.5 Å². The standard InChI is InChI=1S/C18H21NO2S/c1-14-8-7-9-16(12-14)13-22(21)15(2)18(20)19(3)17-10-5-4-6-11-17/h4-12,15H,13H2,1-3H3/t15-,22+/m1/s1. The molecular weight excluding hydrogens is 294 g/mol. The van der Waals surface area contributed by atoms with E-state index in [-0.39, 0.29) is 5.91 Å². The van der Waals surface area contributed by atoms with E-state index in [2.05, 4.69) is 0 Å². The zero-order chi connectivity index (χ0) is 16.1. The van der Waals surface area contributed by atoms with Crippen LogP contribution in [-0.2, 0) is 21.3 Å². The molecule has 2 rings (SSSR count). The van der Waals surface area contributed by atoms with Gasteiger partial charge in [0.05, 0.1) is 0 Å². The number of rotatable bonds is 5. The molecule has 0 aliphatic heterocycles. The van der Waals surface area contributed by atoms with Crippen molar-refractivity contribution in [2.24, 2.45) is 0 Å². The van der Waals surface area contributed by atoms with Crippen molar-refractivity contribution in [1.29, 1.82) is 0 Å². The first kappa shape index (κ1) is 16.4. The molecule has 0 fully saturated rings. The van der Waals surface area contributed by atoms with Gasteiger partial charge in [0.1, 0.15) is 5.25 Å². The lowest BCUT2D eigenvalue weighted by Crippen LogP contribution is -2.37. The number of hydrogen-bond donors (Lipinski definition) is 0. The van der Waals surface area contributed by atoms with Gasteiger partial charge in [0.25, 0.3) is 0 Å². The van der Waals surface area contributed by atoms with Crippen LogP contribution in [0.3, 0.4) is 0 Å². The van der Waals surface area contributed by atoms with Crippen molar-refractivity contribution in [3.8, 4) is 0 Å². The van der Waals surface area contributed by atoms with E-state index in [1.165, 1.54) is 0 Å². The maximum Gasteiger partial charge on any atom is 0.242 e. The van der Waals surface area contributed by atoms with E-state index >= 15 is 0 Å². The molecule has 0 heterocycles. The Kier molecular flexibility index (Phi) is 5.50. The molecule has 2 atom stereocenters. The number of nitrogens with zero attached hydrogens (tertiary/aromatic N) is 1. The second-order valence-electron chi connectivity index (χ2n) is 5.39. The molecule has 116 valence electrons. The summed E-state index contributed by atoms with van der Waals surface area (Å²) in [7, 11) is 0.481. The summed E-state index contributed by atoms with van der Waals surface area (Å²) in [6, 6.07) is 17.3. The Balaban J connectivity index is 2.05. The Labute approximate surface area is 134 Å². The fourth-order valence-electron chi connectivity index (χ4n) is 2.26. The Morgan fingerprint density at radius 2 is 1.82 bits per heavy atom. The van der Waals surface area contributed by atoms with Crippen molar-refractivity contribution in [2.45, 2.75) is 24.9 Å². The van der Waals surface area contributed by atoms with Gasteiger partial charge in [0.2, 0.25) is 5.91 Å². The van der Waals surface area contributed by atoms with E-state index in [1.807, 2.05) is 61.5 Å². The summed E-state index contributed by atoms with van der Waals surface area (Å²) in [5.74, 6) is 0.272. The summed E-state index contributed by atoms with van der Waals surface area (Å²) in [4.78, 5) is 14.0. The number of para-hydroxylation sites is 1. The highest BCUT2D eigenvalue weighted by Crippen LogP contribution is 2.16. The molecule has 0 saturated heterocycles. The van der Waals surface area contributed by atoms with Gasteiger partial charge >= 0.3 is 0 Å². The van der Waals surface area contributed by atoms with Crippen LogP contribution in [0.4, 0.5) is 5.69 Å². The van der Waals surface area contributed by atoms with Gasteiger partial charge < -0.3 is 4.90 Å². The molecule has 0 aliphatic rings. The van der Waals surface area contributed by atoms with Crippen LogP contribution in [0.5, 0.6) is 0 Å². The molecule has 0 unspecified atom stereocenters. The lowest BCUT2D eigenvalue weighted by atomic mass is 10.2. The van der Waals surface area contributed by atoms with Gasteiger partial charge in [-0.2, -0.15) is 0 Å². The van der Waals surface area contributed by atoms with Crippen LogP contribution < -0.4 is 4.90 Å². The molecule has 0 aliphatic carbocycles. The van der Waals surface area contributed by atoms with Gasteiger partial charge in [0, 0.05) is 29.3 Å². The average Bonchev–Trinajstić information content (AvgIpc) is 2.53. The summed E-state index contributed by atoms with van der Waals surface area (Å²) < 4.78 is 12.5. The molecule has 0 aromatic heterocycles. The lowest BCUT2D eigenvalue weighted by Gasteiger charge is -2.21. The van der Waals surface area contributed by atoms with Crippen LogP contribution in [0.1, 0.15) is 18.1 Å². The summed E-state index contributed by atoms with van der Waals surface area (Å²) in [6.07, 6.45) is 0. The van der Waals surface area contributed by atoms with Crippen LogP contribution in [0.15, 0.2) is 54.6 Å². The topological polar surface area (TPSA) is 37.4 Å². The molecule has 0 N–H and O–H groups in total. The molecule has 4 heteroatoms. The second kappa shape index (κ2) is 7.36. The van der Waals surface area contributed by atoms with E-state index in [0.29, 0.717) is 5.75 Å². The van der Waals surface area contributed by atoms with Crippen molar-refractivity contribution >= 4 is 22.4 Å². The van der Waals surface area contributed by atoms with Crippen molar-refractivity contribution in [1.82, 2.24) is 0 Å². The zero-order valence-corrected chi connectivity index (χ0v) is 14.0. The highest BCUT2D eigenvalue weighted by molar-refractivity contribution is 7.85. The van der Waals surface area contributed by atoms with E-state index in [9.17, 15) is 9.00 Å². The number of hydrogen-bond acceptors (Lipinski definition) is 2. The van der Waals surface area contributed by atoms with E-state index in [0.717, 1.165) is 16.8 Å². The Hall–Kier alpha value is -1.94. The molecule has 0 bridgehead atoms. The fraction of sp³-hybridized carbons (Fsp3) is 0.278. The molecule has 0 spiro atoms. The third kappa shape index (κ3) is 4.04. The predicted molar refractivity (Wildman–Crippen MR) is 92.3 cm³/mol. The highest BCUT2D eigenvalue weighted by atomic mass is 32.2. The minimum absolute atomic E-state index is 0.128. The molecule has 0 radical (unpaired) electrons. The molecule has 3 nitrogen and oxygen atoms in total. The molecule has 1 amide bonds. The monoisotopic (exact) mass is 315 g/mol. The van der Waals surface area contributed by atoms with Crippen molar-refractivity contribution in [3.63, 3.8) is 0 Å². The van der Waals surface area contributed by atoms with Crippen LogP contribution in [0.25, 0.3) is 0 Å². The predicted octanol–water partition coefficient (Wildman–Crippen LogP) is 3.30. The van der Waals surface area contributed by atoms with E-state index in [4.69, 9.17) is 0 Å². The summed E-state index contributed by atoms with van der Waals surface area (Å²) in [5, 5.41) is -0.536. The first-order chi connectivity index (χ1) is 10.5. The van der Waals surface area contributed by atoms with Gasteiger partial charge in [-0.25, -0.2) is 0 Å². The fourth-order valence-corrected chi connectivity index (χ4v) is 3.40.